The van der Waals surface area contributed by atoms with Crippen LogP contribution in [0.3, 0.4) is 0 Å². The SMILES string of the molecule is FC(F)Oc1cc(-c2cc(Cl)c(Cl)cc2Cl)cc(C(F)(F)F)c1. The quantitative estimate of drug-likeness (QED) is 0.407. The van der Waals surface area contributed by atoms with E-state index in [4.69, 9.17) is 34.8 Å². The van der Waals surface area contributed by atoms with Crippen molar-refractivity contribution in [2.45, 2.75) is 12.8 Å². The van der Waals surface area contributed by atoms with Crippen LogP contribution in [0.5, 0.6) is 5.75 Å². The molecule has 23 heavy (non-hydrogen) atoms. The molecule has 124 valence electrons. The summed E-state index contributed by atoms with van der Waals surface area (Å²) in [5.74, 6) is -0.646. The largest absolute Gasteiger partial charge is 0.435 e. The van der Waals surface area contributed by atoms with Gasteiger partial charge < -0.3 is 4.74 Å². The van der Waals surface area contributed by atoms with E-state index in [2.05, 4.69) is 4.74 Å². The molecule has 0 aliphatic heterocycles. The van der Waals surface area contributed by atoms with Gasteiger partial charge in [0.25, 0.3) is 0 Å². The minimum atomic E-state index is -4.75. The van der Waals surface area contributed by atoms with Crippen molar-refractivity contribution in [2.24, 2.45) is 0 Å². The third-order valence-corrected chi connectivity index (χ3v) is 3.81. The summed E-state index contributed by atoms with van der Waals surface area (Å²) in [5.41, 5.74) is -1.14. The van der Waals surface area contributed by atoms with Crippen LogP contribution in [0, 0.1) is 0 Å². The van der Waals surface area contributed by atoms with Gasteiger partial charge in [0.15, 0.2) is 0 Å². The lowest BCUT2D eigenvalue weighted by Gasteiger charge is -2.14. The van der Waals surface area contributed by atoms with E-state index in [0.29, 0.717) is 6.07 Å². The minimum absolute atomic E-state index is 0.0155. The number of halogens is 8. The first-order valence-corrected chi connectivity index (χ1v) is 7.03. The van der Waals surface area contributed by atoms with E-state index < -0.39 is 24.1 Å². The summed E-state index contributed by atoms with van der Waals surface area (Å²) in [6.07, 6.45) is -4.75. The molecule has 0 atom stereocenters. The molecule has 0 fully saturated rings. The first-order valence-electron chi connectivity index (χ1n) is 5.90. The van der Waals surface area contributed by atoms with E-state index >= 15 is 0 Å². The van der Waals surface area contributed by atoms with Gasteiger partial charge in [-0.3, -0.25) is 0 Å². The van der Waals surface area contributed by atoms with Gasteiger partial charge in [-0.15, -0.1) is 0 Å². The molecule has 0 saturated heterocycles. The maximum Gasteiger partial charge on any atom is 0.416 e. The zero-order chi connectivity index (χ0) is 17.4. The average Bonchev–Trinajstić information content (AvgIpc) is 2.40. The van der Waals surface area contributed by atoms with Crippen LogP contribution in [-0.2, 0) is 6.18 Å². The highest BCUT2D eigenvalue weighted by molar-refractivity contribution is 6.44. The molecule has 2 aromatic carbocycles. The fourth-order valence-electron chi connectivity index (χ4n) is 1.83. The van der Waals surface area contributed by atoms with Gasteiger partial charge >= 0.3 is 12.8 Å². The molecule has 2 rings (SSSR count). The molecule has 1 nitrogen and oxygen atoms in total. The van der Waals surface area contributed by atoms with Crippen LogP contribution in [0.2, 0.25) is 15.1 Å². The molecule has 0 aromatic heterocycles. The summed E-state index contributed by atoms with van der Waals surface area (Å²) in [6, 6.07) is 4.72. The predicted octanol–water partition coefficient (Wildman–Crippen LogP) is 6.93. The lowest BCUT2D eigenvalue weighted by molar-refractivity contribution is -0.138. The molecule has 0 aliphatic carbocycles. The molecule has 2 aromatic rings. The van der Waals surface area contributed by atoms with Crippen molar-refractivity contribution in [3.8, 4) is 16.9 Å². The molecular formula is C14H6Cl3F5O. The molecule has 9 heteroatoms. The van der Waals surface area contributed by atoms with Gasteiger partial charge in [-0.05, 0) is 35.9 Å². The standard InChI is InChI=1S/C14H6Cl3F5O/c15-10-5-12(17)11(16)4-9(10)6-1-7(14(20,21)22)3-8(2-6)23-13(18)19/h1-5,13H. The smallest absolute Gasteiger partial charge is 0.416 e. The van der Waals surface area contributed by atoms with Gasteiger partial charge in [-0.25, -0.2) is 0 Å². The molecule has 0 saturated carbocycles. The van der Waals surface area contributed by atoms with E-state index in [9.17, 15) is 22.0 Å². The number of rotatable bonds is 3. The van der Waals surface area contributed by atoms with Crippen molar-refractivity contribution in [3.63, 3.8) is 0 Å². The number of alkyl halides is 5. The van der Waals surface area contributed by atoms with Crippen molar-refractivity contribution >= 4 is 34.8 Å². The van der Waals surface area contributed by atoms with E-state index in [1.165, 1.54) is 12.1 Å². The molecular weight excluding hydrogens is 386 g/mol. The Morgan fingerprint density at radius 1 is 0.826 bits per heavy atom. The van der Waals surface area contributed by atoms with E-state index in [1.54, 1.807) is 0 Å². The summed E-state index contributed by atoms with van der Waals surface area (Å²) in [5, 5.41) is 0.179. The van der Waals surface area contributed by atoms with Gasteiger partial charge in [0.05, 0.1) is 15.6 Å². The van der Waals surface area contributed by atoms with E-state index in [0.717, 1.165) is 12.1 Å². The lowest BCUT2D eigenvalue weighted by atomic mass is 10.0. The Morgan fingerprint density at radius 2 is 1.43 bits per heavy atom. The maximum atomic E-state index is 12.9. The molecule has 0 heterocycles. The second kappa shape index (κ2) is 6.71. The highest BCUT2D eigenvalue weighted by atomic mass is 35.5. The molecule has 0 N–H and O–H groups in total. The van der Waals surface area contributed by atoms with Crippen LogP contribution >= 0.6 is 34.8 Å². The van der Waals surface area contributed by atoms with Crippen LogP contribution in [0.4, 0.5) is 22.0 Å². The van der Waals surface area contributed by atoms with E-state index in [-0.39, 0.29) is 26.2 Å². The Bertz CT molecular complexity index is 731. The average molecular weight is 392 g/mol. The first kappa shape index (κ1) is 18.1. The Morgan fingerprint density at radius 3 is 2.00 bits per heavy atom. The van der Waals surface area contributed by atoms with Crippen molar-refractivity contribution in [1.29, 1.82) is 0 Å². The number of hydrogen-bond acceptors (Lipinski definition) is 1. The van der Waals surface area contributed by atoms with E-state index in [1.807, 2.05) is 0 Å². The molecule has 0 spiro atoms. The van der Waals surface area contributed by atoms with Crippen molar-refractivity contribution in [2.75, 3.05) is 0 Å². The highest BCUT2D eigenvalue weighted by Crippen LogP contribution is 2.40. The molecule has 0 radical (unpaired) electrons. The summed E-state index contributed by atoms with van der Waals surface area (Å²) in [4.78, 5) is 0. The molecule has 0 amide bonds. The summed E-state index contributed by atoms with van der Waals surface area (Å²) in [7, 11) is 0. The Hall–Kier alpha value is -1.24. The normalized spacial score (nSPS) is 11.9. The van der Waals surface area contributed by atoms with Crippen LogP contribution in [-0.4, -0.2) is 6.61 Å². The fourth-order valence-corrected chi connectivity index (χ4v) is 2.49. The number of benzene rings is 2. The third kappa shape index (κ3) is 4.40. The van der Waals surface area contributed by atoms with Crippen LogP contribution in [0.1, 0.15) is 5.56 Å². The predicted molar refractivity (Wildman–Crippen MR) is 78.5 cm³/mol. The van der Waals surface area contributed by atoms with Gasteiger partial charge in [-0.2, -0.15) is 22.0 Å². The second-order valence-corrected chi connectivity index (χ2v) is 5.59. The van der Waals surface area contributed by atoms with Crippen LogP contribution < -0.4 is 4.74 Å². The Kier molecular flexibility index (Phi) is 5.28. The van der Waals surface area contributed by atoms with Gasteiger partial charge in [0, 0.05) is 10.6 Å². The van der Waals surface area contributed by atoms with Gasteiger partial charge in [0.1, 0.15) is 5.75 Å². The van der Waals surface area contributed by atoms with Crippen molar-refractivity contribution < 1.29 is 26.7 Å². The minimum Gasteiger partial charge on any atom is -0.435 e. The molecule has 0 unspecified atom stereocenters. The summed E-state index contributed by atoms with van der Waals surface area (Å²) >= 11 is 17.5. The van der Waals surface area contributed by atoms with Crippen LogP contribution in [0.15, 0.2) is 30.3 Å². The first-order chi connectivity index (χ1) is 10.6. The molecule has 0 aliphatic rings. The lowest BCUT2D eigenvalue weighted by Crippen LogP contribution is -2.08. The fraction of sp³-hybridized carbons (Fsp3) is 0.143. The number of ether oxygens (including phenoxy) is 1. The zero-order valence-corrected chi connectivity index (χ0v) is 13.2. The highest BCUT2D eigenvalue weighted by Gasteiger charge is 2.32. The van der Waals surface area contributed by atoms with Crippen molar-refractivity contribution in [1.82, 2.24) is 0 Å². The van der Waals surface area contributed by atoms with Gasteiger partial charge in [-0.1, -0.05) is 34.8 Å². The maximum absolute atomic E-state index is 12.9. The third-order valence-electron chi connectivity index (χ3n) is 2.78. The number of hydrogen-bond donors (Lipinski definition) is 0. The van der Waals surface area contributed by atoms with Crippen LogP contribution in [0.25, 0.3) is 11.1 Å². The monoisotopic (exact) mass is 390 g/mol. The Balaban J connectivity index is 2.64. The molecule has 0 bridgehead atoms. The second-order valence-electron chi connectivity index (χ2n) is 4.37. The Labute approximate surface area is 142 Å². The van der Waals surface area contributed by atoms with Crippen molar-refractivity contribution in [3.05, 3.63) is 51.0 Å². The zero-order valence-electron chi connectivity index (χ0n) is 10.9. The summed E-state index contributed by atoms with van der Waals surface area (Å²) in [6.45, 7) is -3.27. The topological polar surface area (TPSA) is 9.23 Å². The summed E-state index contributed by atoms with van der Waals surface area (Å²) < 4.78 is 67.5. The van der Waals surface area contributed by atoms with Gasteiger partial charge in [0.2, 0.25) is 0 Å².